The lowest BCUT2D eigenvalue weighted by Crippen LogP contribution is -2.34. The summed E-state index contributed by atoms with van der Waals surface area (Å²) in [5.41, 5.74) is 2.50. The molecule has 0 saturated heterocycles. The SMILES string of the molecule is CN(C)c1ccc(NC(=S)NC(=O)c2ccccc2)cc1. The number of amides is 1. The van der Waals surface area contributed by atoms with Crippen molar-refractivity contribution < 1.29 is 4.79 Å². The molecule has 21 heavy (non-hydrogen) atoms. The first-order valence-corrected chi connectivity index (χ1v) is 6.92. The summed E-state index contributed by atoms with van der Waals surface area (Å²) in [5.74, 6) is -0.224. The van der Waals surface area contributed by atoms with Gasteiger partial charge >= 0.3 is 0 Å². The summed E-state index contributed by atoms with van der Waals surface area (Å²) >= 11 is 5.14. The maximum absolute atomic E-state index is 11.9. The largest absolute Gasteiger partial charge is 0.378 e. The Morgan fingerprint density at radius 1 is 1.00 bits per heavy atom. The summed E-state index contributed by atoms with van der Waals surface area (Å²) in [6.45, 7) is 0. The van der Waals surface area contributed by atoms with Crippen LogP contribution in [0.4, 0.5) is 11.4 Å². The Labute approximate surface area is 129 Å². The lowest BCUT2D eigenvalue weighted by atomic mass is 10.2. The van der Waals surface area contributed by atoms with Crippen molar-refractivity contribution in [1.29, 1.82) is 0 Å². The van der Waals surface area contributed by atoms with E-state index in [1.54, 1.807) is 12.1 Å². The predicted octanol–water partition coefficient (Wildman–Crippen LogP) is 2.88. The van der Waals surface area contributed by atoms with Crippen molar-refractivity contribution in [3.8, 4) is 0 Å². The normalized spacial score (nSPS) is 9.81. The summed E-state index contributed by atoms with van der Waals surface area (Å²) in [5, 5.41) is 5.92. The van der Waals surface area contributed by atoms with Gasteiger partial charge in [0.1, 0.15) is 0 Å². The topological polar surface area (TPSA) is 44.4 Å². The van der Waals surface area contributed by atoms with Gasteiger partial charge in [-0.05, 0) is 48.6 Å². The summed E-state index contributed by atoms with van der Waals surface area (Å²) in [6.07, 6.45) is 0. The average Bonchev–Trinajstić information content (AvgIpc) is 2.48. The van der Waals surface area contributed by atoms with Crippen LogP contribution in [-0.2, 0) is 0 Å². The highest BCUT2D eigenvalue weighted by Gasteiger charge is 2.07. The van der Waals surface area contributed by atoms with Gasteiger partial charge in [0.15, 0.2) is 5.11 Å². The molecule has 0 aliphatic rings. The number of anilines is 2. The number of hydrogen-bond acceptors (Lipinski definition) is 3. The summed E-state index contributed by atoms with van der Waals surface area (Å²) < 4.78 is 0. The zero-order valence-corrected chi connectivity index (χ0v) is 12.8. The number of nitrogens with one attached hydrogen (secondary N) is 2. The third kappa shape index (κ3) is 4.29. The Bertz CT molecular complexity index is 624. The quantitative estimate of drug-likeness (QED) is 0.855. The second-order valence-electron chi connectivity index (χ2n) is 4.72. The molecule has 2 aromatic carbocycles. The smallest absolute Gasteiger partial charge is 0.257 e. The predicted molar refractivity (Wildman–Crippen MR) is 90.9 cm³/mol. The van der Waals surface area contributed by atoms with E-state index in [1.807, 2.05) is 61.5 Å². The zero-order valence-electron chi connectivity index (χ0n) is 12.0. The van der Waals surface area contributed by atoms with Crippen LogP contribution < -0.4 is 15.5 Å². The molecule has 0 aliphatic heterocycles. The van der Waals surface area contributed by atoms with Crippen molar-refractivity contribution in [2.45, 2.75) is 0 Å². The minimum absolute atomic E-state index is 0.224. The fraction of sp³-hybridized carbons (Fsp3) is 0.125. The molecule has 0 aromatic heterocycles. The molecule has 0 atom stereocenters. The van der Waals surface area contributed by atoms with Crippen LogP contribution >= 0.6 is 12.2 Å². The van der Waals surface area contributed by atoms with E-state index in [-0.39, 0.29) is 11.0 Å². The fourth-order valence-corrected chi connectivity index (χ4v) is 1.98. The van der Waals surface area contributed by atoms with Crippen LogP contribution in [-0.4, -0.2) is 25.1 Å². The van der Waals surface area contributed by atoms with Crippen molar-refractivity contribution >= 4 is 34.6 Å². The number of rotatable bonds is 3. The first-order chi connectivity index (χ1) is 10.1. The molecule has 5 heteroatoms. The van der Waals surface area contributed by atoms with Gasteiger partial charge in [0.05, 0.1) is 0 Å². The Kier molecular flexibility index (Phi) is 4.90. The number of benzene rings is 2. The Hall–Kier alpha value is -2.40. The van der Waals surface area contributed by atoms with E-state index in [9.17, 15) is 4.79 Å². The van der Waals surface area contributed by atoms with Crippen LogP contribution in [0.5, 0.6) is 0 Å². The van der Waals surface area contributed by atoms with Crippen LogP contribution in [0.1, 0.15) is 10.4 Å². The highest BCUT2D eigenvalue weighted by Crippen LogP contribution is 2.15. The minimum atomic E-state index is -0.224. The van der Waals surface area contributed by atoms with E-state index in [0.717, 1.165) is 11.4 Å². The van der Waals surface area contributed by atoms with Gasteiger partial charge in [0.2, 0.25) is 0 Å². The van der Waals surface area contributed by atoms with E-state index in [4.69, 9.17) is 12.2 Å². The zero-order chi connectivity index (χ0) is 15.2. The first kappa shape index (κ1) is 15.0. The molecule has 0 radical (unpaired) electrons. The van der Waals surface area contributed by atoms with Crippen LogP contribution in [0.25, 0.3) is 0 Å². The molecule has 0 aliphatic carbocycles. The molecular formula is C16H17N3OS. The summed E-state index contributed by atoms with van der Waals surface area (Å²) in [4.78, 5) is 14.0. The first-order valence-electron chi connectivity index (χ1n) is 6.51. The lowest BCUT2D eigenvalue weighted by Gasteiger charge is -2.14. The Balaban J connectivity index is 1.94. The Morgan fingerprint density at radius 3 is 2.19 bits per heavy atom. The average molecular weight is 299 g/mol. The van der Waals surface area contributed by atoms with Crippen LogP contribution in [0.2, 0.25) is 0 Å². The van der Waals surface area contributed by atoms with Gasteiger partial charge in [-0.1, -0.05) is 18.2 Å². The number of carbonyl (C=O) groups excluding carboxylic acids is 1. The third-order valence-electron chi connectivity index (χ3n) is 2.90. The van der Waals surface area contributed by atoms with Gasteiger partial charge < -0.3 is 10.2 Å². The van der Waals surface area contributed by atoms with Gasteiger partial charge in [0.25, 0.3) is 5.91 Å². The monoisotopic (exact) mass is 299 g/mol. The molecule has 0 fully saturated rings. The second-order valence-corrected chi connectivity index (χ2v) is 5.12. The highest BCUT2D eigenvalue weighted by atomic mass is 32.1. The van der Waals surface area contributed by atoms with E-state index in [2.05, 4.69) is 10.6 Å². The van der Waals surface area contributed by atoms with Crippen LogP contribution in [0.3, 0.4) is 0 Å². The van der Waals surface area contributed by atoms with Gasteiger partial charge in [-0.2, -0.15) is 0 Å². The molecular weight excluding hydrogens is 282 g/mol. The number of thiocarbonyl (C=S) groups is 1. The molecule has 1 amide bonds. The number of nitrogens with zero attached hydrogens (tertiary/aromatic N) is 1. The van der Waals surface area contributed by atoms with Crippen LogP contribution in [0.15, 0.2) is 54.6 Å². The maximum Gasteiger partial charge on any atom is 0.257 e. The van der Waals surface area contributed by atoms with E-state index in [1.165, 1.54) is 0 Å². The Morgan fingerprint density at radius 2 is 1.62 bits per heavy atom. The van der Waals surface area contributed by atoms with Crippen molar-refractivity contribution in [3.05, 3.63) is 60.2 Å². The van der Waals surface area contributed by atoms with Gasteiger partial charge in [-0.25, -0.2) is 0 Å². The molecule has 0 unspecified atom stereocenters. The van der Waals surface area contributed by atoms with E-state index < -0.39 is 0 Å². The van der Waals surface area contributed by atoms with Gasteiger partial charge in [0, 0.05) is 31.0 Å². The summed E-state index contributed by atoms with van der Waals surface area (Å²) in [7, 11) is 3.96. The van der Waals surface area contributed by atoms with Crippen molar-refractivity contribution in [2.24, 2.45) is 0 Å². The minimum Gasteiger partial charge on any atom is -0.378 e. The van der Waals surface area contributed by atoms with E-state index in [0.29, 0.717) is 5.56 Å². The lowest BCUT2D eigenvalue weighted by molar-refractivity contribution is 0.0978. The fourth-order valence-electron chi connectivity index (χ4n) is 1.77. The third-order valence-corrected chi connectivity index (χ3v) is 3.11. The molecule has 0 spiro atoms. The van der Waals surface area contributed by atoms with Gasteiger partial charge in [-0.15, -0.1) is 0 Å². The van der Waals surface area contributed by atoms with Crippen molar-refractivity contribution in [2.75, 3.05) is 24.3 Å². The standard InChI is InChI=1S/C16H17N3OS/c1-19(2)14-10-8-13(9-11-14)17-16(21)18-15(20)12-6-4-3-5-7-12/h3-11H,1-2H3,(H2,17,18,20,21). The molecule has 0 saturated carbocycles. The highest BCUT2D eigenvalue weighted by molar-refractivity contribution is 7.80. The van der Waals surface area contributed by atoms with Crippen LogP contribution in [0, 0.1) is 0 Å². The molecule has 0 heterocycles. The molecule has 108 valence electrons. The second kappa shape index (κ2) is 6.85. The molecule has 2 aromatic rings. The number of hydrogen-bond donors (Lipinski definition) is 2. The molecule has 4 nitrogen and oxygen atoms in total. The van der Waals surface area contributed by atoms with Crippen molar-refractivity contribution in [1.82, 2.24) is 5.32 Å². The van der Waals surface area contributed by atoms with E-state index >= 15 is 0 Å². The maximum atomic E-state index is 11.9. The summed E-state index contributed by atoms with van der Waals surface area (Å²) in [6, 6.07) is 16.7. The van der Waals surface area contributed by atoms with Gasteiger partial charge in [-0.3, -0.25) is 10.1 Å². The molecule has 0 bridgehead atoms. The molecule has 2 N–H and O–H groups in total. The molecule has 2 rings (SSSR count). The van der Waals surface area contributed by atoms with Crippen molar-refractivity contribution in [3.63, 3.8) is 0 Å². The number of carbonyl (C=O) groups is 1.